The van der Waals surface area contributed by atoms with E-state index in [2.05, 4.69) is 5.32 Å². The molecule has 0 radical (unpaired) electrons. The van der Waals surface area contributed by atoms with Crippen molar-refractivity contribution in [2.75, 3.05) is 18.9 Å². The number of hydrogen-bond donors (Lipinski definition) is 1. The number of sulfone groups is 1. The second kappa shape index (κ2) is 10.3. The Bertz CT molecular complexity index is 1050. The molecule has 0 heterocycles. The summed E-state index contributed by atoms with van der Waals surface area (Å²) in [7, 11) is -3.51. The fourth-order valence-electron chi connectivity index (χ4n) is 5.03. The van der Waals surface area contributed by atoms with Crippen molar-refractivity contribution in [3.63, 3.8) is 0 Å². The lowest BCUT2D eigenvalue weighted by Gasteiger charge is -2.52. The molecule has 7 nitrogen and oxygen atoms in total. The van der Waals surface area contributed by atoms with E-state index < -0.39 is 21.5 Å². The zero-order valence-corrected chi connectivity index (χ0v) is 21.8. The van der Waals surface area contributed by atoms with Crippen molar-refractivity contribution >= 4 is 21.7 Å². The molecule has 0 aromatic heterocycles. The number of ketones is 1. The van der Waals surface area contributed by atoms with E-state index in [1.54, 1.807) is 39.8 Å². The lowest BCUT2D eigenvalue weighted by Crippen LogP contribution is -2.47. The van der Waals surface area contributed by atoms with Crippen LogP contribution in [0.5, 0.6) is 5.75 Å². The van der Waals surface area contributed by atoms with Crippen LogP contribution in [0.25, 0.3) is 0 Å². The summed E-state index contributed by atoms with van der Waals surface area (Å²) in [5, 5.41) is 2.47. The number of amides is 1. The van der Waals surface area contributed by atoms with Crippen molar-refractivity contribution in [3.8, 4) is 5.75 Å². The third kappa shape index (κ3) is 6.84. The molecule has 35 heavy (non-hydrogen) atoms. The average Bonchev–Trinajstić information content (AvgIpc) is 2.79. The lowest BCUT2D eigenvalue weighted by molar-refractivity contribution is -0.134. The van der Waals surface area contributed by atoms with E-state index in [1.807, 2.05) is 0 Å². The number of nitrogens with one attached hydrogen (secondary N) is 1. The van der Waals surface area contributed by atoms with Gasteiger partial charge in [-0.1, -0.05) is 0 Å². The highest BCUT2D eigenvalue weighted by molar-refractivity contribution is 7.91. The molecule has 0 unspecified atom stereocenters. The van der Waals surface area contributed by atoms with E-state index in [1.165, 1.54) is 12.1 Å². The van der Waals surface area contributed by atoms with Gasteiger partial charge < -0.3 is 14.8 Å². The lowest BCUT2D eigenvalue weighted by atomic mass is 9.53. The monoisotopic (exact) mass is 509 g/mol. The average molecular weight is 510 g/mol. The number of halogens is 1. The second-order valence-corrected chi connectivity index (χ2v) is 13.0. The van der Waals surface area contributed by atoms with Gasteiger partial charge in [0.1, 0.15) is 23.7 Å². The molecule has 1 aromatic carbocycles. The molecule has 0 atom stereocenters. The quantitative estimate of drug-likeness (QED) is 0.495. The van der Waals surface area contributed by atoms with E-state index in [0.717, 1.165) is 38.5 Å². The smallest absolute Gasteiger partial charge is 0.407 e. The molecule has 3 aliphatic carbocycles. The van der Waals surface area contributed by atoms with E-state index in [4.69, 9.17) is 9.47 Å². The first kappa shape index (κ1) is 27.2. The SMILES string of the molecule is CC(=O)C12CCC(CS(=O)(=O)c3ccc(OC/C(=C/F)CNC(=O)OC(C)(C)C)cc3)(CC1)CC2. The minimum Gasteiger partial charge on any atom is -0.489 e. The number of carbonyl (C=O) groups is 2. The molecule has 1 amide bonds. The summed E-state index contributed by atoms with van der Waals surface area (Å²) < 4.78 is 50.2. The largest absolute Gasteiger partial charge is 0.489 e. The number of alkyl carbamates (subject to hydrolysis) is 1. The predicted molar refractivity (Wildman–Crippen MR) is 131 cm³/mol. The molecule has 3 aliphatic rings. The number of ether oxygens (including phenoxy) is 2. The van der Waals surface area contributed by atoms with Crippen LogP contribution in [0, 0.1) is 10.8 Å². The maximum absolute atomic E-state index is 13.2. The van der Waals surface area contributed by atoms with Crippen LogP contribution in [-0.4, -0.2) is 44.8 Å². The van der Waals surface area contributed by atoms with Gasteiger partial charge in [-0.15, -0.1) is 0 Å². The van der Waals surface area contributed by atoms with Gasteiger partial charge in [0.2, 0.25) is 0 Å². The van der Waals surface area contributed by atoms with Crippen molar-refractivity contribution in [2.24, 2.45) is 10.8 Å². The first-order valence-electron chi connectivity index (χ1n) is 12.0. The summed E-state index contributed by atoms with van der Waals surface area (Å²) in [5.41, 5.74) is -0.954. The highest BCUT2D eigenvalue weighted by Gasteiger charge is 2.52. The zero-order valence-electron chi connectivity index (χ0n) is 21.0. The van der Waals surface area contributed by atoms with Gasteiger partial charge in [0.05, 0.1) is 17.0 Å². The number of Topliss-reactive ketones (excluding diaryl/α,β-unsaturated/α-hetero) is 1. The van der Waals surface area contributed by atoms with Crippen LogP contribution in [0.15, 0.2) is 41.1 Å². The first-order valence-corrected chi connectivity index (χ1v) is 13.7. The Morgan fingerprint density at radius 1 is 1.06 bits per heavy atom. The molecule has 194 valence electrons. The first-order chi connectivity index (χ1) is 16.3. The van der Waals surface area contributed by atoms with Gasteiger partial charge in [-0.2, -0.15) is 0 Å². The van der Waals surface area contributed by atoms with Crippen molar-refractivity contribution in [2.45, 2.75) is 76.7 Å². The van der Waals surface area contributed by atoms with Gasteiger partial charge in [0.25, 0.3) is 0 Å². The normalized spacial score (nSPS) is 24.7. The topological polar surface area (TPSA) is 98.8 Å². The molecule has 4 rings (SSSR count). The summed E-state index contributed by atoms with van der Waals surface area (Å²) >= 11 is 0. The zero-order chi connectivity index (χ0) is 25.9. The Hall–Kier alpha value is -2.42. The van der Waals surface area contributed by atoms with Crippen molar-refractivity contribution < 1.29 is 31.9 Å². The molecule has 1 aromatic rings. The fraction of sp³-hybridized carbons (Fsp3) is 0.615. The Labute approximate surface area is 207 Å². The third-order valence-corrected chi connectivity index (χ3v) is 9.25. The van der Waals surface area contributed by atoms with Crippen LogP contribution < -0.4 is 10.1 Å². The Morgan fingerprint density at radius 2 is 1.63 bits per heavy atom. The van der Waals surface area contributed by atoms with Crippen LogP contribution in [0.4, 0.5) is 9.18 Å². The standard InChI is InChI=1S/C26H36FNO6S/c1-19(29)26-12-9-25(10-13-26,11-14-26)18-35(31,32)22-7-5-21(6-8-22)33-17-20(15-27)16-28-23(30)34-24(2,3)4/h5-8,15H,9-14,16-18H2,1-4H3,(H,28,30)/b20-15+. The van der Waals surface area contributed by atoms with Gasteiger partial charge in [0, 0.05) is 17.5 Å². The molecule has 2 bridgehead atoms. The maximum Gasteiger partial charge on any atom is 0.407 e. The maximum atomic E-state index is 13.2. The van der Waals surface area contributed by atoms with Crippen LogP contribution in [0.2, 0.25) is 0 Å². The third-order valence-electron chi connectivity index (χ3n) is 7.26. The Balaban J connectivity index is 1.54. The molecule has 1 N–H and O–H groups in total. The van der Waals surface area contributed by atoms with E-state index in [0.29, 0.717) is 12.1 Å². The van der Waals surface area contributed by atoms with Gasteiger partial charge >= 0.3 is 6.09 Å². The number of fused-ring (bicyclic) bond motifs is 3. The molecule has 9 heteroatoms. The Kier molecular flexibility index (Phi) is 7.99. The summed E-state index contributed by atoms with van der Waals surface area (Å²) in [4.78, 5) is 24.0. The van der Waals surface area contributed by atoms with Crippen LogP contribution in [-0.2, 0) is 19.4 Å². The summed E-state index contributed by atoms with van der Waals surface area (Å²) in [6, 6.07) is 6.10. The van der Waals surface area contributed by atoms with Gasteiger partial charge in [-0.3, -0.25) is 4.79 Å². The fourth-order valence-corrected chi connectivity index (χ4v) is 6.99. The highest BCUT2D eigenvalue weighted by atomic mass is 32.2. The van der Waals surface area contributed by atoms with Gasteiger partial charge in [-0.25, -0.2) is 17.6 Å². The van der Waals surface area contributed by atoms with E-state index in [-0.39, 0.29) is 46.0 Å². The number of hydrogen-bond acceptors (Lipinski definition) is 6. The number of benzene rings is 1. The number of rotatable bonds is 9. The number of carbonyl (C=O) groups excluding carboxylic acids is 2. The van der Waals surface area contributed by atoms with Crippen molar-refractivity contribution in [3.05, 3.63) is 36.2 Å². The van der Waals surface area contributed by atoms with Crippen LogP contribution in [0.1, 0.15) is 66.2 Å². The Morgan fingerprint density at radius 3 is 2.11 bits per heavy atom. The van der Waals surface area contributed by atoms with Gasteiger partial charge in [0.15, 0.2) is 9.84 Å². The van der Waals surface area contributed by atoms with E-state index >= 15 is 0 Å². The van der Waals surface area contributed by atoms with Crippen molar-refractivity contribution in [1.82, 2.24) is 5.32 Å². The minimum absolute atomic E-state index is 0.0785. The predicted octanol–water partition coefficient (Wildman–Crippen LogP) is 5.15. The van der Waals surface area contributed by atoms with Crippen molar-refractivity contribution in [1.29, 1.82) is 0 Å². The highest BCUT2D eigenvalue weighted by Crippen LogP contribution is 2.57. The van der Waals surface area contributed by atoms with E-state index in [9.17, 15) is 22.4 Å². The minimum atomic E-state index is -3.51. The molecular formula is C26H36FNO6S. The molecule has 0 saturated heterocycles. The second-order valence-electron chi connectivity index (χ2n) is 11.0. The molecule has 3 fully saturated rings. The summed E-state index contributed by atoms with van der Waals surface area (Å²) in [6.07, 6.45) is 4.33. The van der Waals surface area contributed by atoms with Gasteiger partial charge in [-0.05, 0) is 95.9 Å². The summed E-state index contributed by atoms with van der Waals surface area (Å²) in [6.45, 7) is 6.66. The molecule has 3 saturated carbocycles. The van der Waals surface area contributed by atoms with Crippen LogP contribution >= 0.6 is 0 Å². The molecule has 0 aliphatic heterocycles. The van der Waals surface area contributed by atoms with Crippen LogP contribution in [0.3, 0.4) is 0 Å². The summed E-state index contributed by atoms with van der Waals surface area (Å²) in [5.74, 6) is 0.704. The molecule has 0 spiro atoms. The molecular weight excluding hydrogens is 473 g/mol.